The summed E-state index contributed by atoms with van der Waals surface area (Å²) in [6, 6.07) is 0. The molecule has 0 fully saturated rings. The molecular formula is C20H15Cl3N4. The SMILES string of the molecule is C1=CC2=NC1=CC1=NC(=CC3=NC(=CC4=NC(=C2)C=C4)C=C3)C=C1.Cl.Cl.Cl. The Morgan fingerprint density at radius 2 is 0.556 bits per heavy atom. The number of aliphatic imine (C=N–C) groups is 4. The minimum absolute atomic E-state index is 0. The van der Waals surface area contributed by atoms with Crippen molar-refractivity contribution in [2.45, 2.75) is 0 Å². The molecule has 0 aromatic carbocycles. The first-order valence-electron chi connectivity index (χ1n) is 7.74. The molecule has 5 heterocycles. The van der Waals surface area contributed by atoms with E-state index in [2.05, 4.69) is 20.0 Å². The molecule has 5 rings (SSSR count). The van der Waals surface area contributed by atoms with Gasteiger partial charge >= 0.3 is 0 Å². The number of rotatable bonds is 0. The van der Waals surface area contributed by atoms with Gasteiger partial charge in [-0.05, 0) is 72.9 Å². The predicted octanol–water partition coefficient (Wildman–Crippen LogP) is 4.84. The van der Waals surface area contributed by atoms with Crippen LogP contribution in [0.2, 0.25) is 0 Å². The highest BCUT2D eigenvalue weighted by Crippen LogP contribution is 2.20. The highest BCUT2D eigenvalue weighted by atomic mass is 35.5. The maximum absolute atomic E-state index is 4.59. The van der Waals surface area contributed by atoms with Crippen LogP contribution < -0.4 is 0 Å². The summed E-state index contributed by atoms with van der Waals surface area (Å²) in [5.41, 5.74) is 7.15. The average Bonchev–Trinajstić information content (AvgIpc) is 3.32. The summed E-state index contributed by atoms with van der Waals surface area (Å²) < 4.78 is 0. The van der Waals surface area contributed by atoms with Crippen LogP contribution in [-0.4, -0.2) is 22.8 Å². The third kappa shape index (κ3) is 4.42. The standard InChI is InChI=1S/C20H12N4.3ClH/c1-2-14-10-16-5-6-18(23-16)12-20-8-7-19(24-20)11-17-4-3-15(22-17)9-13(1)21-14;;;/h1-12H;3*1H. The van der Waals surface area contributed by atoms with Gasteiger partial charge in [0.05, 0.1) is 45.6 Å². The molecule has 4 nitrogen and oxygen atoms in total. The fourth-order valence-corrected chi connectivity index (χ4v) is 2.83. The van der Waals surface area contributed by atoms with Gasteiger partial charge in [-0.25, -0.2) is 20.0 Å². The molecule has 136 valence electrons. The maximum Gasteiger partial charge on any atom is 0.0659 e. The third-order valence-corrected chi connectivity index (χ3v) is 3.92. The van der Waals surface area contributed by atoms with Gasteiger partial charge in [0.1, 0.15) is 0 Å². The van der Waals surface area contributed by atoms with Crippen LogP contribution in [-0.2, 0) is 0 Å². The van der Waals surface area contributed by atoms with Crippen LogP contribution >= 0.6 is 37.2 Å². The van der Waals surface area contributed by atoms with Gasteiger partial charge in [0.15, 0.2) is 0 Å². The zero-order chi connectivity index (χ0) is 15.9. The Hall–Kier alpha value is -2.53. The second-order valence-corrected chi connectivity index (χ2v) is 5.76. The second kappa shape index (κ2) is 8.44. The number of nitrogens with zero attached hydrogens (tertiary/aromatic N) is 4. The second-order valence-electron chi connectivity index (χ2n) is 5.76. The van der Waals surface area contributed by atoms with Crippen molar-refractivity contribution in [1.29, 1.82) is 0 Å². The fourth-order valence-electron chi connectivity index (χ4n) is 2.83. The van der Waals surface area contributed by atoms with E-state index in [1.807, 2.05) is 72.9 Å². The van der Waals surface area contributed by atoms with Gasteiger partial charge in [-0.1, -0.05) is 0 Å². The lowest BCUT2D eigenvalue weighted by Crippen LogP contribution is -1.89. The Balaban J connectivity index is 0.000000871. The summed E-state index contributed by atoms with van der Waals surface area (Å²) in [6.45, 7) is 0. The topological polar surface area (TPSA) is 49.4 Å². The van der Waals surface area contributed by atoms with Crippen LogP contribution in [0.15, 0.2) is 116 Å². The molecule has 0 aliphatic carbocycles. The monoisotopic (exact) mass is 416 g/mol. The number of hydrogen-bond donors (Lipinski definition) is 0. The van der Waals surface area contributed by atoms with Crippen molar-refractivity contribution < 1.29 is 0 Å². The van der Waals surface area contributed by atoms with Gasteiger partial charge < -0.3 is 0 Å². The highest BCUT2D eigenvalue weighted by molar-refractivity contribution is 6.14. The van der Waals surface area contributed by atoms with Crippen LogP contribution in [0.4, 0.5) is 0 Å². The number of hydrogen-bond acceptors (Lipinski definition) is 4. The van der Waals surface area contributed by atoms with Crippen molar-refractivity contribution in [3.05, 3.63) is 95.7 Å². The van der Waals surface area contributed by atoms with E-state index >= 15 is 0 Å². The predicted molar refractivity (Wildman–Crippen MR) is 120 cm³/mol. The van der Waals surface area contributed by atoms with E-state index in [4.69, 9.17) is 0 Å². The fraction of sp³-hybridized carbons (Fsp3) is 0. The molecule has 5 aliphatic rings. The summed E-state index contributed by atoms with van der Waals surface area (Å²) in [5.74, 6) is 0. The maximum atomic E-state index is 4.59. The molecule has 7 heteroatoms. The Morgan fingerprint density at radius 3 is 0.778 bits per heavy atom. The minimum Gasteiger partial charge on any atom is -0.249 e. The van der Waals surface area contributed by atoms with Crippen LogP contribution in [0.25, 0.3) is 0 Å². The summed E-state index contributed by atoms with van der Waals surface area (Å²) in [6.07, 6.45) is 23.8. The molecule has 0 saturated carbocycles. The lowest BCUT2D eigenvalue weighted by atomic mass is 10.2. The van der Waals surface area contributed by atoms with E-state index in [-0.39, 0.29) is 37.2 Å². The van der Waals surface area contributed by atoms with Crippen molar-refractivity contribution in [2.75, 3.05) is 0 Å². The first-order valence-corrected chi connectivity index (χ1v) is 7.74. The molecule has 8 bridgehead atoms. The zero-order valence-electron chi connectivity index (χ0n) is 13.9. The summed E-state index contributed by atoms with van der Waals surface area (Å²) >= 11 is 0. The Kier molecular flexibility index (Phi) is 6.50. The molecule has 0 N–H and O–H groups in total. The number of allylic oxidation sites excluding steroid dienone is 12. The van der Waals surface area contributed by atoms with Gasteiger partial charge in [0.2, 0.25) is 0 Å². The van der Waals surface area contributed by atoms with Gasteiger partial charge in [0, 0.05) is 0 Å². The lowest BCUT2D eigenvalue weighted by molar-refractivity contribution is 1.41. The van der Waals surface area contributed by atoms with Crippen molar-refractivity contribution in [2.24, 2.45) is 20.0 Å². The van der Waals surface area contributed by atoms with E-state index in [1.165, 1.54) is 0 Å². The van der Waals surface area contributed by atoms with Gasteiger partial charge in [-0.3, -0.25) is 0 Å². The smallest absolute Gasteiger partial charge is 0.0659 e. The van der Waals surface area contributed by atoms with Gasteiger partial charge in [-0.15, -0.1) is 37.2 Å². The molecule has 5 aliphatic heterocycles. The minimum atomic E-state index is 0. The lowest BCUT2D eigenvalue weighted by Gasteiger charge is -1.94. The van der Waals surface area contributed by atoms with Gasteiger partial charge in [-0.2, -0.15) is 0 Å². The largest absolute Gasteiger partial charge is 0.249 e. The summed E-state index contributed by atoms with van der Waals surface area (Å²) in [4.78, 5) is 18.4. The molecule has 0 aromatic rings. The number of halogens is 3. The van der Waals surface area contributed by atoms with Crippen molar-refractivity contribution in [3.8, 4) is 0 Å². The molecule has 0 saturated heterocycles. The Morgan fingerprint density at radius 1 is 0.333 bits per heavy atom. The normalized spacial score (nSPS) is 20.1. The first-order chi connectivity index (χ1) is 11.8. The third-order valence-electron chi connectivity index (χ3n) is 3.92. The van der Waals surface area contributed by atoms with E-state index in [1.54, 1.807) is 0 Å². The zero-order valence-corrected chi connectivity index (χ0v) is 16.4. The average molecular weight is 418 g/mol. The Labute approximate surface area is 175 Å². The highest BCUT2D eigenvalue weighted by Gasteiger charge is 2.11. The molecule has 27 heavy (non-hydrogen) atoms. The van der Waals surface area contributed by atoms with Gasteiger partial charge in [0.25, 0.3) is 0 Å². The molecule has 0 spiro atoms. The van der Waals surface area contributed by atoms with Crippen LogP contribution in [0.5, 0.6) is 0 Å². The molecule has 0 radical (unpaired) electrons. The van der Waals surface area contributed by atoms with Crippen molar-refractivity contribution >= 4 is 60.1 Å². The first kappa shape index (κ1) is 20.8. The van der Waals surface area contributed by atoms with Crippen LogP contribution in [0.1, 0.15) is 0 Å². The van der Waals surface area contributed by atoms with Crippen LogP contribution in [0, 0.1) is 0 Å². The van der Waals surface area contributed by atoms with E-state index < -0.39 is 0 Å². The summed E-state index contributed by atoms with van der Waals surface area (Å²) in [5, 5.41) is 0. The van der Waals surface area contributed by atoms with Crippen LogP contribution in [0.3, 0.4) is 0 Å². The Bertz CT molecular complexity index is 855. The molecule has 0 amide bonds. The van der Waals surface area contributed by atoms with Crippen molar-refractivity contribution in [3.63, 3.8) is 0 Å². The molecule has 0 atom stereocenters. The number of fused-ring (bicyclic) bond motifs is 4. The quantitative estimate of drug-likeness (QED) is 0.541. The molecule has 0 aromatic heterocycles. The van der Waals surface area contributed by atoms with Crippen molar-refractivity contribution in [1.82, 2.24) is 0 Å². The van der Waals surface area contributed by atoms with E-state index in [9.17, 15) is 0 Å². The van der Waals surface area contributed by atoms with E-state index in [0.29, 0.717) is 0 Å². The molecular weight excluding hydrogens is 403 g/mol. The summed E-state index contributed by atoms with van der Waals surface area (Å²) in [7, 11) is 0. The molecule has 0 unspecified atom stereocenters. The van der Waals surface area contributed by atoms with E-state index in [0.717, 1.165) is 45.6 Å².